The first-order valence-corrected chi connectivity index (χ1v) is 11.8. The van der Waals surface area contributed by atoms with Gasteiger partial charge in [0, 0.05) is 27.9 Å². The molecule has 2 heterocycles. The molecule has 1 N–H and O–H groups in total. The van der Waals surface area contributed by atoms with Gasteiger partial charge in [-0.15, -0.1) is 0 Å². The van der Waals surface area contributed by atoms with Crippen LogP contribution in [0, 0.1) is 11.7 Å². The zero-order chi connectivity index (χ0) is 23.7. The van der Waals surface area contributed by atoms with Crippen molar-refractivity contribution < 1.29 is 18.7 Å². The monoisotopic (exact) mass is 480 g/mol. The Morgan fingerprint density at radius 2 is 1.97 bits per heavy atom. The molecule has 1 atom stereocenters. The maximum Gasteiger partial charge on any atom is 0.258 e. The summed E-state index contributed by atoms with van der Waals surface area (Å²) in [5.74, 6) is 1.43. The number of amides is 1. The fourth-order valence-electron chi connectivity index (χ4n) is 4.64. The average molecular weight is 481 g/mol. The average Bonchev–Trinajstić information content (AvgIpc) is 3.48. The van der Waals surface area contributed by atoms with Crippen LogP contribution in [-0.2, 0) is 6.54 Å². The lowest BCUT2D eigenvalue weighted by Gasteiger charge is -2.19. The Bertz CT molecular complexity index is 1230. The first kappa shape index (κ1) is 22.7. The molecule has 1 unspecified atom stereocenters. The summed E-state index contributed by atoms with van der Waals surface area (Å²) in [6.07, 6.45) is 2.18. The van der Waals surface area contributed by atoms with Gasteiger partial charge in [0.25, 0.3) is 5.91 Å². The van der Waals surface area contributed by atoms with Crippen LogP contribution in [-0.4, -0.2) is 32.7 Å². The second-order valence-corrected chi connectivity index (χ2v) is 9.13. The van der Waals surface area contributed by atoms with E-state index in [1.807, 2.05) is 30.3 Å². The molecule has 1 fully saturated rings. The maximum absolute atomic E-state index is 13.8. The third-order valence-corrected chi connectivity index (χ3v) is 6.89. The number of hydrogen-bond donors (Lipinski definition) is 1. The van der Waals surface area contributed by atoms with Crippen molar-refractivity contribution >= 4 is 23.2 Å². The van der Waals surface area contributed by atoms with Crippen molar-refractivity contribution in [2.45, 2.75) is 19.4 Å². The van der Waals surface area contributed by atoms with E-state index >= 15 is 0 Å². The van der Waals surface area contributed by atoms with Gasteiger partial charge in [0.1, 0.15) is 5.82 Å². The molecule has 0 aliphatic carbocycles. The van der Waals surface area contributed by atoms with Crippen LogP contribution < -0.4 is 19.7 Å². The number of methoxy groups -OCH3 is 1. The lowest BCUT2D eigenvalue weighted by atomic mass is 10.0. The van der Waals surface area contributed by atoms with Crippen molar-refractivity contribution in [3.63, 3.8) is 0 Å². The number of carbonyl (C=O) groups is 1. The third kappa shape index (κ3) is 4.48. The standard InChI is InChI=1S/C27H26ClFN2O3/c1-33-26-14-21(5-7-25(26)34-11-9-17-8-10-30-15-17)31-16-19-3-2-18(12-23(19)27(31)32)22-13-20(29)4-6-24(22)28/h2-7,12-14,17,30H,8-11,15-16H2,1H3. The SMILES string of the molecule is COc1cc(N2Cc3ccc(-c4cc(F)ccc4Cl)cc3C2=O)ccc1OCCC1CCNC1. The molecular weight excluding hydrogens is 455 g/mol. The molecule has 0 spiro atoms. The minimum absolute atomic E-state index is 0.117. The minimum atomic E-state index is -0.373. The summed E-state index contributed by atoms with van der Waals surface area (Å²) in [6.45, 7) is 3.20. The molecule has 1 saturated heterocycles. The van der Waals surface area contributed by atoms with Crippen molar-refractivity contribution in [3.05, 3.63) is 76.6 Å². The van der Waals surface area contributed by atoms with Crippen molar-refractivity contribution in [1.29, 1.82) is 0 Å². The highest BCUT2D eigenvalue weighted by Crippen LogP contribution is 2.37. The minimum Gasteiger partial charge on any atom is -0.493 e. The first-order valence-electron chi connectivity index (χ1n) is 11.5. The molecule has 0 bridgehead atoms. The zero-order valence-electron chi connectivity index (χ0n) is 18.9. The van der Waals surface area contributed by atoms with Gasteiger partial charge in [-0.2, -0.15) is 0 Å². The van der Waals surface area contributed by atoms with Gasteiger partial charge < -0.3 is 19.7 Å². The van der Waals surface area contributed by atoms with E-state index in [-0.39, 0.29) is 11.7 Å². The fourth-order valence-corrected chi connectivity index (χ4v) is 4.86. The number of nitrogens with zero attached hydrogens (tertiary/aromatic N) is 1. The van der Waals surface area contributed by atoms with E-state index in [0.717, 1.165) is 30.8 Å². The number of anilines is 1. The summed E-state index contributed by atoms with van der Waals surface area (Å²) in [5.41, 5.74) is 3.49. The quantitative estimate of drug-likeness (QED) is 0.471. The summed E-state index contributed by atoms with van der Waals surface area (Å²) in [6, 6.07) is 15.3. The summed E-state index contributed by atoms with van der Waals surface area (Å²) in [4.78, 5) is 15.0. The van der Waals surface area contributed by atoms with E-state index in [0.29, 0.717) is 52.3 Å². The van der Waals surface area contributed by atoms with Crippen LogP contribution in [0.4, 0.5) is 10.1 Å². The molecule has 0 saturated carbocycles. The van der Waals surface area contributed by atoms with Gasteiger partial charge in [-0.3, -0.25) is 4.79 Å². The molecule has 3 aromatic carbocycles. The van der Waals surface area contributed by atoms with Gasteiger partial charge in [0.15, 0.2) is 11.5 Å². The Morgan fingerprint density at radius 3 is 2.76 bits per heavy atom. The van der Waals surface area contributed by atoms with E-state index in [1.165, 1.54) is 24.6 Å². The zero-order valence-corrected chi connectivity index (χ0v) is 19.7. The second kappa shape index (κ2) is 9.65. The van der Waals surface area contributed by atoms with E-state index in [2.05, 4.69) is 5.32 Å². The van der Waals surface area contributed by atoms with Crippen LogP contribution >= 0.6 is 11.6 Å². The van der Waals surface area contributed by atoms with Gasteiger partial charge in [-0.1, -0.05) is 23.7 Å². The van der Waals surface area contributed by atoms with E-state index in [4.69, 9.17) is 21.1 Å². The lowest BCUT2D eigenvalue weighted by Crippen LogP contribution is -2.23. The number of carbonyl (C=O) groups excluding carboxylic acids is 1. The van der Waals surface area contributed by atoms with Gasteiger partial charge in [-0.05, 0) is 79.4 Å². The molecule has 0 aromatic heterocycles. The molecule has 5 rings (SSSR count). The number of fused-ring (bicyclic) bond motifs is 1. The molecule has 176 valence electrons. The van der Waals surface area contributed by atoms with Gasteiger partial charge in [-0.25, -0.2) is 4.39 Å². The largest absolute Gasteiger partial charge is 0.493 e. The molecule has 0 radical (unpaired) electrons. The Morgan fingerprint density at radius 1 is 1.09 bits per heavy atom. The molecule has 7 heteroatoms. The van der Waals surface area contributed by atoms with Crippen molar-refractivity contribution in [2.75, 3.05) is 31.7 Å². The predicted octanol–water partition coefficient (Wildman–Crippen LogP) is 5.69. The van der Waals surface area contributed by atoms with Crippen molar-refractivity contribution in [3.8, 4) is 22.6 Å². The Hall–Kier alpha value is -3.09. The molecule has 1 amide bonds. The summed E-state index contributed by atoms with van der Waals surface area (Å²) >= 11 is 6.27. The molecule has 5 nitrogen and oxygen atoms in total. The second-order valence-electron chi connectivity index (χ2n) is 8.72. The number of nitrogens with one attached hydrogen (secondary N) is 1. The Kier molecular flexibility index (Phi) is 6.44. The first-order chi connectivity index (χ1) is 16.5. The predicted molar refractivity (Wildman–Crippen MR) is 131 cm³/mol. The van der Waals surface area contributed by atoms with Crippen LogP contribution in [0.3, 0.4) is 0 Å². The molecule has 3 aromatic rings. The van der Waals surface area contributed by atoms with Crippen LogP contribution in [0.25, 0.3) is 11.1 Å². The topological polar surface area (TPSA) is 50.8 Å². The van der Waals surface area contributed by atoms with Gasteiger partial charge >= 0.3 is 0 Å². The van der Waals surface area contributed by atoms with Crippen LogP contribution in [0.2, 0.25) is 5.02 Å². The van der Waals surface area contributed by atoms with Gasteiger partial charge in [0.05, 0.1) is 20.3 Å². The lowest BCUT2D eigenvalue weighted by molar-refractivity contribution is 0.0996. The summed E-state index contributed by atoms with van der Waals surface area (Å²) in [7, 11) is 1.60. The number of ether oxygens (including phenoxy) is 2. The number of rotatable bonds is 7. The van der Waals surface area contributed by atoms with E-state index in [1.54, 1.807) is 18.1 Å². The smallest absolute Gasteiger partial charge is 0.258 e. The maximum atomic E-state index is 13.8. The molecule has 34 heavy (non-hydrogen) atoms. The van der Waals surface area contributed by atoms with Crippen LogP contribution in [0.15, 0.2) is 54.6 Å². The number of halogens is 2. The number of benzene rings is 3. The summed E-state index contributed by atoms with van der Waals surface area (Å²) < 4.78 is 25.3. The third-order valence-electron chi connectivity index (χ3n) is 6.56. The van der Waals surface area contributed by atoms with Crippen molar-refractivity contribution in [2.24, 2.45) is 5.92 Å². The van der Waals surface area contributed by atoms with Gasteiger partial charge in [0.2, 0.25) is 0 Å². The summed E-state index contributed by atoms with van der Waals surface area (Å²) in [5, 5.41) is 3.81. The molecule has 2 aliphatic rings. The molecular formula is C27H26ClFN2O3. The van der Waals surface area contributed by atoms with Crippen LogP contribution in [0.1, 0.15) is 28.8 Å². The fraction of sp³-hybridized carbons (Fsp3) is 0.296. The normalized spacial score (nSPS) is 17.2. The highest BCUT2D eigenvalue weighted by molar-refractivity contribution is 6.33. The van der Waals surface area contributed by atoms with Crippen molar-refractivity contribution in [1.82, 2.24) is 5.32 Å². The van der Waals surface area contributed by atoms with E-state index < -0.39 is 0 Å². The van der Waals surface area contributed by atoms with Crippen LogP contribution in [0.5, 0.6) is 11.5 Å². The highest BCUT2D eigenvalue weighted by atomic mass is 35.5. The van der Waals surface area contributed by atoms with E-state index in [9.17, 15) is 9.18 Å². The molecule has 2 aliphatic heterocycles. The Balaban J connectivity index is 1.34. The Labute approximate surface area is 203 Å². The highest BCUT2D eigenvalue weighted by Gasteiger charge is 2.29. The number of hydrogen-bond acceptors (Lipinski definition) is 4.